The summed E-state index contributed by atoms with van der Waals surface area (Å²) in [5, 5.41) is 14.6. The topological polar surface area (TPSA) is 73.8 Å². The Hall–Kier alpha value is -2.66. The molecule has 1 aliphatic carbocycles. The second kappa shape index (κ2) is 6.69. The minimum atomic E-state index is -0.744. The number of hydrogen-bond acceptors (Lipinski definition) is 4. The van der Waals surface area contributed by atoms with Crippen molar-refractivity contribution < 1.29 is 5.11 Å². The summed E-state index contributed by atoms with van der Waals surface area (Å²) in [6.07, 6.45) is 10.8. The molecule has 4 rings (SSSR count). The molecule has 0 unspecified atom stereocenters. The third-order valence-electron chi connectivity index (χ3n) is 5.03. The first kappa shape index (κ1) is 15.8. The van der Waals surface area contributed by atoms with E-state index in [1.807, 2.05) is 42.7 Å². The van der Waals surface area contributed by atoms with Gasteiger partial charge in [-0.25, -0.2) is 9.97 Å². The maximum atomic E-state index is 11.1. The second-order valence-electron chi connectivity index (χ2n) is 6.70. The van der Waals surface area contributed by atoms with Gasteiger partial charge in [0.1, 0.15) is 0 Å². The molecule has 5 nitrogen and oxygen atoms in total. The largest absolute Gasteiger partial charge is 0.385 e. The van der Waals surface area contributed by atoms with Crippen molar-refractivity contribution in [1.82, 2.24) is 15.0 Å². The van der Waals surface area contributed by atoms with Gasteiger partial charge in [0.2, 0.25) is 0 Å². The second-order valence-corrected chi connectivity index (χ2v) is 6.70. The lowest BCUT2D eigenvalue weighted by atomic mass is 9.77. The fourth-order valence-corrected chi connectivity index (χ4v) is 3.56. The summed E-state index contributed by atoms with van der Waals surface area (Å²) in [6.45, 7) is 0. The standard InChI is InChI=1S/C20H22N4O/c25-20(9-6-17(7-10-20)24-18-8-13-21-14-18)16-4-2-15(3-5-16)19-22-11-1-12-23-19/h1-5,8,11-14,17,21,24-25H,6-7,9-10H2. The van der Waals surface area contributed by atoms with E-state index >= 15 is 0 Å². The van der Waals surface area contributed by atoms with Crippen LogP contribution in [0.1, 0.15) is 31.2 Å². The number of rotatable bonds is 4. The summed E-state index contributed by atoms with van der Waals surface area (Å²) in [5.41, 5.74) is 2.32. The molecule has 1 aromatic carbocycles. The van der Waals surface area contributed by atoms with Crippen LogP contribution in [-0.2, 0) is 5.60 Å². The molecule has 3 aromatic rings. The van der Waals surface area contributed by atoms with Crippen LogP contribution in [0, 0.1) is 0 Å². The van der Waals surface area contributed by atoms with Crippen LogP contribution in [0.25, 0.3) is 11.4 Å². The highest BCUT2D eigenvalue weighted by Gasteiger charge is 2.34. The zero-order valence-electron chi connectivity index (χ0n) is 14.0. The van der Waals surface area contributed by atoms with Crippen LogP contribution in [-0.4, -0.2) is 26.1 Å². The average molecular weight is 334 g/mol. The Bertz CT molecular complexity index is 791. The third kappa shape index (κ3) is 3.42. The van der Waals surface area contributed by atoms with Crippen molar-refractivity contribution in [3.8, 4) is 11.4 Å². The summed E-state index contributed by atoms with van der Waals surface area (Å²) >= 11 is 0. The highest BCUT2D eigenvalue weighted by Crippen LogP contribution is 2.38. The molecule has 0 bridgehead atoms. The number of anilines is 1. The SMILES string of the molecule is OC1(c2ccc(-c3ncccn3)cc2)CCC(Nc2cc[nH]c2)CC1. The molecule has 1 saturated carbocycles. The number of aromatic nitrogens is 3. The molecule has 0 radical (unpaired) electrons. The van der Waals surface area contributed by atoms with Gasteiger partial charge in [-0.15, -0.1) is 0 Å². The number of hydrogen-bond donors (Lipinski definition) is 3. The highest BCUT2D eigenvalue weighted by molar-refractivity contribution is 5.55. The van der Waals surface area contributed by atoms with Crippen LogP contribution in [0.2, 0.25) is 0 Å². The molecule has 0 saturated heterocycles. The van der Waals surface area contributed by atoms with Gasteiger partial charge < -0.3 is 15.4 Å². The molecule has 3 N–H and O–H groups in total. The number of H-pyrrole nitrogens is 1. The van der Waals surface area contributed by atoms with Crippen molar-refractivity contribution in [3.63, 3.8) is 0 Å². The monoisotopic (exact) mass is 334 g/mol. The van der Waals surface area contributed by atoms with Gasteiger partial charge in [-0.3, -0.25) is 0 Å². The van der Waals surface area contributed by atoms with E-state index in [0.717, 1.165) is 42.5 Å². The Balaban J connectivity index is 1.43. The maximum absolute atomic E-state index is 11.1. The van der Waals surface area contributed by atoms with Gasteiger partial charge >= 0.3 is 0 Å². The quantitative estimate of drug-likeness (QED) is 0.680. The Morgan fingerprint density at radius 1 is 1.04 bits per heavy atom. The summed E-state index contributed by atoms with van der Waals surface area (Å²) < 4.78 is 0. The Kier molecular flexibility index (Phi) is 4.24. The lowest BCUT2D eigenvalue weighted by Gasteiger charge is -2.37. The first-order chi connectivity index (χ1) is 12.2. The molecular weight excluding hydrogens is 312 g/mol. The number of aliphatic hydroxyl groups is 1. The molecule has 0 aliphatic heterocycles. The van der Waals surface area contributed by atoms with E-state index in [1.54, 1.807) is 18.5 Å². The number of nitrogens with zero attached hydrogens (tertiary/aromatic N) is 2. The molecule has 2 aromatic heterocycles. The molecule has 128 valence electrons. The summed E-state index contributed by atoms with van der Waals surface area (Å²) in [4.78, 5) is 11.6. The van der Waals surface area contributed by atoms with Gasteiger partial charge in [0.15, 0.2) is 5.82 Å². The van der Waals surface area contributed by atoms with E-state index < -0.39 is 5.60 Å². The van der Waals surface area contributed by atoms with Gasteiger partial charge in [0, 0.05) is 36.4 Å². The van der Waals surface area contributed by atoms with Crippen LogP contribution in [0.4, 0.5) is 5.69 Å². The predicted octanol–water partition coefficient (Wildman–Crippen LogP) is 3.71. The van der Waals surface area contributed by atoms with E-state index in [2.05, 4.69) is 20.3 Å². The molecule has 25 heavy (non-hydrogen) atoms. The number of benzene rings is 1. The van der Waals surface area contributed by atoms with E-state index in [9.17, 15) is 5.11 Å². The van der Waals surface area contributed by atoms with Crippen molar-refractivity contribution in [1.29, 1.82) is 0 Å². The van der Waals surface area contributed by atoms with Gasteiger partial charge in [-0.2, -0.15) is 0 Å². The van der Waals surface area contributed by atoms with E-state index in [4.69, 9.17) is 0 Å². The average Bonchev–Trinajstić information content (AvgIpc) is 3.18. The highest BCUT2D eigenvalue weighted by atomic mass is 16.3. The fourth-order valence-electron chi connectivity index (χ4n) is 3.56. The van der Waals surface area contributed by atoms with E-state index in [-0.39, 0.29) is 0 Å². The normalized spacial score (nSPS) is 23.3. The van der Waals surface area contributed by atoms with Crippen molar-refractivity contribution >= 4 is 5.69 Å². The Labute approximate surface area is 147 Å². The molecular formula is C20H22N4O. The van der Waals surface area contributed by atoms with Crippen molar-refractivity contribution in [3.05, 3.63) is 66.7 Å². The Morgan fingerprint density at radius 2 is 1.76 bits per heavy atom. The Morgan fingerprint density at radius 3 is 2.40 bits per heavy atom. The van der Waals surface area contributed by atoms with Crippen LogP contribution in [0.15, 0.2) is 61.2 Å². The van der Waals surface area contributed by atoms with Crippen molar-refractivity contribution in [2.45, 2.75) is 37.3 Å². The first-order valence-electron chi connectivity index (χ1n) is 8.73. The van der Waals surface area contributed by atoms with Crippen LogP contribution in [0.3, 0.4) is 0 Å². The van der Waals surface area contributed by atoms with Gasteiger partial charge in [-0.05, 0) is 43.4 Å². The zero-order valence-corrected chi connectivity index (χ0v) is 14.0. The minimum absolute atomic E-state index is 0.410. The van der Waals surface area contributed by atoms with E-state index in [1.165, 1.54) is 0 Å². The molecule has 1 aliphatic rings. The molecule has 1 fully saturated rings. The first-order valence-corrected chi connectivity index (χ1v) is 8.73. The van der Waals surface area contributed by atoms with Gasteiger partial charge in [0.05, 0.1) is 11.3 Å². The smallest absolute Gasteiger partial charge is 0.159 e. The maximum Gasteiger partial charge on any atom is 0.159 e. The molecule has 5 heteroatoms. The molecule has 0 spiro atoms. The predicted molar refractivity (Wildman–Crippen MR) is 98.0 cm³/mol. The van der Waals surface area contributed by atoms with Crippen LogP contribution < -0.4 is 5.32 Å². The third-order valence-corrected chi connectivity index (χ3v) is 5.03. The van der Waals surface area contributed by atoms with Crippen LogP contribution >= 0.6 is 0 Å². The number of nitrogens with one attached hydrogen (secondary N) is 2. The van der Waals surface area contributed by atoms with Crippen molar-refractivity contribution in [2.75, 3.05) is 5.32 Å². The molecule has 2 heterocycles. The molecule has 0 amide bonds. The minimum Gasteiger partial charge on any atom is -0.385 e. The summed E-state index contributed by atoms with van der Waals surface area (Å²) in [7, 11) is 0. The van der Waals surface area contributed by atoms with Gasteiger partial charge in [0.25, 0.3) is 0 Å². The zero-order chi connectivity index (χ0) is 17.1. The van der Waals surface area contributed by atoms with Crippen LogP contribution in [0.5, 0.6) is 0 Å². The van der Waals surface area contributed by atoms with Crippen molar-refractivity contribution in [2.24, 2.45) is 0 Å². The van der Waals surface area contributed by atoms with Gasteiger partial charge in [-0.1, -0.05) is 24.3 Å². The van der Waals surface area contributed by atoms with E-state index in [0.29, 0.717) is 11.9 Å². The fraction of sp³-hybridized carbons (Fsp3) is 0.300. The lowest BCUT2D eigenvalue weighted by molar-refractivity contribution is -0.00329. The summed E-state index contributed by atoms with van der Waals surface area (Å²) in [5.74, 6) is 0.709. The molecule has 0 atom stereocenters. The lowest BCUT2D eigenvalue weighted by Crippen LogP contribution is -2.36. The number of aromatic amines is 1. The summed E-state index contributed by atoms with van der Waals surface area (Å²) in [6, 6.07) is 12.2.